The maximum absolute atomic E-state index is 12.5. The molecule has 0 aliphatic heterocycles. The average molecular weight is 415 g/mol. The van der Waals surface area contributed by atoms with E-state index in [2.05, 4.69) is 15.7 Å². The van der Waals surface area contributed by atoms with E-state index in [0.29, 0.717) is 22.6 Å². The zero-order chi connectivity index (χ0) is 22.4. The Kier molecular flexibility index (Phi) is 6.82. The molecule has 6 nitrogen and oxygen atoms in total. The molecule has 0 fully saturated rings. The standard InChI is InChI=1S/C25H26N4O2/c1-5-17(3)21(6-2)25(31)26-20-14-12-18(13-15-20)22-16-23(29(4)28-22)27-24(30)19-10-8-7-9-11-19/h5-16H,1-4H3,(H,26,31)(H,27,30)/b17-5-,21-6+. The molecule has 1 heterocycles. The quantitative estimate of drug-likeness (QED) is 0.430. The highest BCUT2D eigenvalue weighted by molar-refractivity contribution is 6.07. The second-order valence-electron chi connectivity index (χ2n) is 7.06. The van der Waals surface area contributed by atoms with Crippen LogP contribution in [0.3, 0.4) is 0 Å². The summed E-state index contributed by atoms with van der Waals surface area (Å²) in [6.07, 6.45) is 3.71. The summed E-state index contributed by atoms with van der Waals surface area (Å²) < 4.78 is 1.63. The van der Waals surface area contributed by atoms with Gasteiger partial charge in [0.1, 0.15) is 5.82 Å². The van der Waals surface area contributed by atoms with Crippen LogP contribution in [0.25, 0.3) is 11.3 Å². The predicted octanol–water partition coefficient (Wildman–Crippen LogP) is 5.19. The predicted molar refractivity (Wildman–Crippen MR) is 125 cm³/mol. The van der Waals surface area contributed by atoms with Crippen LogP contribution in [0.2, 0.25) is 0 Å². The van der Waals surface area contributed by atoms with Crippen molar-refractivity contribution in [2.75, 3.05) is 10.6 Å². The van der Waals surface area contributed by atoms with E-state index in [1.165, 1.54) is 0 Å². The van der Waals surface area contributed by atoms with Crippen LogP contribution in [-0.4, -0.2) is 21.6 Å². The van der Waals surface area contributed by atoms with E-state index >= 15 is 0 Å². The van der Waals surface area contributed by atoms with Crippen molar-refractivity contribution in [3.8, 4) is 11.3 Å². The third-order valence-electron chi connectivity index (χ3n) is 4.99. The molecule has 0 spiro atoms. The van der Waals surface area contributed by atoms with Gasteiger partial charge in [0.15, 0.2) is 0 Å². The van der Waals surface area contributed by atoms with Crippen molar-refractivity contribution in [1.82, 2.24) is 9.78 Å². The van der Waals surface area contributed by atoms with Crippen LogP contribution < -0.4 is 10.6 Å². The van der Waals surface area contributed by atoms with E-state index in [0.717, 1.165) is 16.8 Å². The lowest BCUT2D eigenvalue weighted by atomic mass is 10.1. The Morgan fingerprint density at radius 1 is 0.935 bits per heavy atom. The first kappa shape index (κ1) is 21.8. The highest BCUT2D eigenvalue weighted by Gasteiger charge is 2.13. The fraction of sp³-hybridized carbons (Fsp3) is 0.160. The van der Waals surface area contributed by atoms with Gasteiger partial charge in [-0.25, -0.2) is 0 Å². The number of carbonyl (C=O) groups is 2. The molecule has 0 aliphatic carbocycles. The van der Waals surface area contributed by atoms with Crippen LogP contribution in [0, 0.1) is 0 Å². The molecule has 31 heavy (non-hydrogen) atoms. The molecule has 0 bridgehead atoms. The second kappa shape index (κ2) is 9.71. The van der Waals surface area contributed by atoms with Crippen LogP contribution in [0.1, 0.15) is 31.1 Å². The molecule has 2 N–H and O–H groups in total. The number of aryl methyl sites for hydroxylation is 1. The summed E-state index contributed by atoms with van der Waals surface area (Å²) in [5.41, 5.74) is 4.46. The van der Waals surface area contributed by atoms with E-state index in [-0.39, 0.29) is 11.8 Å². The van der Waals surface area contributed by atoms with Crippen molar-refractivity contribution < 1.29 is 9.59 Å². The van der Waals surface area contributed by atoms with Gasteiger partial charge in [-0.3, -0.25) is 14.3 Å². The SMILES string of the molecule is C/C=C(C)\C(=C/C)C(=O)Nc1ccc(-c2cc(NC(=O)c3ccccc3)n(C)n2)cc1. The number of amides is 2. The van der Waals surface area contributed by atoms with Gasteiger partial charge in [-0.1, -0.05) is 42.5 Å². The molecule has 0 aliphatic rings. The summed E-state index contributed by atoms with van der Waals surface area (Å²) in [5.74, 6) is 0.264. The van der Waals surface area contributed by atoms with E-state index < -0.39 is 0 Å². The highest BCUT2D eigenvalue weighted by atomic mass is 16.2. The highest BCUT2D eigenvalue weighted by Crippen LogP contribution is 2.24. The Balaban J connectivity index is 1.72. The molecule has 3 rings (SSSR count). The average Bonchev–Trinajstić information content (AvgIpc) is 3.15. The molecular weight excluding hydrogens is 388 g/mol. The minimum atomic E-state index is -0.190. The van der Waals surface area contributed by atoms with Gasteiger partial charge >= 0.3 is 0 Å². The molecule has 158 valence electrons. The van der Waals surface area contributed by atoms with Gasteiger partial charge in [-0.05, 0) is 50.6 Å². The molecule has 2 aromatic carbocycles. The van der Waals surface area contributed by atoms with Gasteiger partial charge in [0.25, 0.3) is 11.8 Å². The fourth-order valence-corrected chi connectivity index (χ4v) is 3.12. The molecular formula is C25H26N4O2. The number of hydrogen-bond acceptors (Lipinski definition) is 3. The fourth-order valence-electron chi connectivity index (χ4n) is 3.12. The van der Waals surface area contributed by atoms with Crippen LogP contribution in [0.4, 0.5) is 11.5 Å². The Hall–Kier alpha value is -3.93. The lowest BCUT2D eigenvalue weighted by Crippen LogP contribution is -2.15. The number of carbonyl (C=O) groups excluding carboxylic acids is 2. The maximum atomic E-state index is 12.5. The van der Waals surface area contributed by atoms with Gasteiger partial charge < -0.3 is 10.6 Å². The Labute approximate surface area is 182 Å². The molecule has 0 saturated carbocycles. The minimum Gasteiger partial charge on any atom is -0.322 e. The van der Waals surface area contributed by atoms with Crippen molar-refractivity contribution in [1.29, 1.82) is 0 Å². The number of nitrogens with zero attached hydrogens (tertiary/aromatic N) is 2. The number of nitrogens with one attached hydrogen (secondary N) is 2. The molecule has 0 atom stereocenters. The summed E-state index contributed by atoms with van der Waals surface area (Å²) in [7, 11) is 1.78. The lowest BCUT2D eigenvalue weighted by molar-refractivity contribution is -0.112. The van der Waals surface area contributed by atoms with Crippen LogP contribution in [-0.2, 0) is 11.8 Å². The maximum Gasteiger partial charge on any atom is 0.256 e. The third kappa shape index (κ3) is 5.17. The van der Waals surface area contributed by atoms with E-state index in [1.54, 1.807) is 29.9 Å². The number of rotatable bonds is 6. The van der Waals surface area contributed by atoms with Crippen LogP contribution in [0.15, 0.2) is 84.0 Å². The van der Waals surface area contributed by atoms with Crippen molar-refractivity contribution in [2.45, 2.75) is 20.8 Å². The number of anilines is 2. The van der Waals surface area contributed by atoms with E-state index in [9.17, 15) is 9.59 Å². The summed E-state index contributed by atoms with van der Waals surface area (Å²) in [5, 5.41) is 10.3. The molecule has 2 amide bonds. The zero-order valence-corrected chi connectivity index (χ0v) is 18.1. The molecule has 1 aromatic heterocycles. The monoisotopic (exact) mass is 414 g/mol. The molecule has 0 unspecified atom stereocenters. The summed E-state index contributed by atoms with van der Waals surface area (Å²) >= 11 is 0. The zero-order valence-electron chi connectivity index (χ0n) is 18.1. The van der Waals surface area contributed by atoms with Crippen molar-refractivity contribution >= 4 is 23.3 Å². The topological polar surface area (TPSA) is 76.0 Å². The van der Waals surface area contributed by atoms with Gasteiger partial charge in [0, 0.05) is 35.5 Å². The normalized spacial score (nSPS) is 11.9. The van der Waals surface area contributed by atoms with E-state index in [4.69, 9.17) is 0 Å². The summed E-state index contributed by atoms with van der Waals surface area (Å²) in [4.78, 5) is 24.9. The van der Waals surface area contributed by atoms with Gasteiger partial charge in [0.2, 0.25) is 0 Å². The van der Waals surface area contributed by atoms with Crippen LogP contribution >= 0.6 is 0 Å². The number of hydrogen-bond donors (Lipinski definition) is 2. The van der Waals surface area contributed by atoms with Gasteiger partial charge in [-0.2, -0.15) is 5.10 Å². The first-order valence-corrected chi connectivity index (χ1v) is 10.0. The van der Waals surface area contributed by atoms with Gasteiger partial charge in [0.05, 0.1) is 5.69 Å². The minimum absolute atomic E-state index is 0.144. The molecule has 0 saturated heterocycles. The van der Waals surface area contributed by atoms with E-state index in [1.807, 2.05) is 75.4 Å². The first-order chi connectivity index (χ1) is 14.9. The Bertz CT molecular complexity index is 1140. The lowest BCUT2D eigenvalue weighted by Gasteiger charge is -2.09. The van der Waals surface area contributed by atoms with Crippen LogP contribution in [0.5, 0.6) is 0 Å². The smallest absolute Gasteiger partial charge is 0.256 e. The summed E-state index contributed by atoms with van der Waals surface area (Å²) in [6.45, 7) is 5.66. The molecule has 3 aromatic rings. The number of aromatic nitrogens is 2. The Morgan fingerprint density at radius 3 is 2.23 bits per heavy atom. The van der Waals surface area contributed by atoms with Crippen molar-refractivity contribution in [3.05, 3.63) is 89.5 Å². The van der Waals surface area contributed by atoms with Crippen molar-refractivity contribution in [2.24, 2.45) is 7.05 Å². The third-order valence-corrected chi connectivity index (χ3v) is 4.99. The Morgan fingerprint density at radius 2 is 1.61 bits per heavy atom. The number of allylic oxidation sites excluding steroid dienone is 2. The van der Waals surface area contributed by atoms with Crippen molar-refractivity contribution in [3.63, 3.8) is 0 Å². The summed E-state index contributed by atoms with van der Waals surface area (Å²) in [6, 6.07) is 18.3. The number of benzene rings is 2. The van der Waals surface area contributed by atoms with Gasteiger partial charge in [-0.15, -0.1) is 0 Å². The largest absolute Gasteiger partial charge is 0.322 e. The first-order valence-electron chi connectivity index (χ1n) is 10.0. The molecule has 0 radical (unpaired) electrons. The second-order valence-corrected chi connectivity index (χ2v) is 7.06. The molecule has 6 heteroatoms.